The molecule has 8 nitrogen and oxygen atoms in total. The highest BCUT2D eigenvalue weighted by Gasteiger charge is 2.21. The molecule has 0 aliphatic carbocycles. The van der Waals surface area contributed by atoms with Crippen molar-refractivity contribution in [3.05, 3.63) is 29.8 Å². The van der Waals surface area contributed by atoms with Crippen LogP contribution in [0, 0.1) is 0 Å². The Hall–Kier alpha value is -2.77. The van der Waals surface area contributed by atoms with Crippen molar-refractivity contribution in [2.75, 3.05) is 37.6 Å². The molecule has 25 heavy (non-hydrogen) atoms. The van der Waals surface area contributed by atoms with Crippen molar-refractivity contribution in [2.45, 2.75) is 19.3 Å². The van der Waals surface area contributed by atoms with E-state index in [2.05, 4.69) is 10.2 Å². The summed E-state index contributed by atoms with van der Waals surface area (Å²) in [4.78, 5) is 37.1. The van der Waals surface area contributed by atoms with Gasteiger partial charge in [0.05, 0.1) is 6.42 Å². The van der Waals surface area contributed by atoms with Crippen LogP contribution in [0.25, 0.3) is 0 Å². The van der Waals surface area contributed by atoms with E-state index in [0.29, 0.717) is 25.9 Å². The van der Waals surface area contributed by atoms with Gasteiger partial charge in [-0.05, 0) is 24.1 Å². The van der Waals surface area contributed by atoms with Gasteiger partial charge in [0.25, 0.3) is 0 Å². The zero-order valence-corrected chi connectivity index (χ0v) is 14.0. The van der Waals surface area contributed by atoms with Crippen LogP contribution in [0.1, 0.15) is 18.4 Å². The first kappa shape index (κ1) is 18.6. The molecule has 2 rings (SSSR count). The molecule has 1 fully saturated rings. The molecule has 0 bridgehead atoms. The van der Waals surface area contributed by atoms with Crippen LogP contribution >= 0.6 is 0 Å². The summed E-state index contributed by atoms with van der Waals surface area (Å²) in [6.45, 7) is 2.97. The van der Waals surface area contributed by atoms with E-state index in [9.17, 15) is 14.4 Å². The highest BCUT2D eigenvalue weighted by molar-refractivity contribution is 5.76. The third-order valence-corrected chi connectivity index (χ3v) is 4.13. The molecule has 8 heteroatoms. The summed E-state index contributed by atoms with van der Waals surface area (Å²) in [6, 6.07) is 7.45. The van der Waals surface area contributed by atoms with Crippen LogP contribution in [0.3, 0.4) is 0 Å². The predicted octanol–water partition coefficient (Wildman–Crippen LogP) is 1.01. The summed E-state index contributed by atoms with van der Waals surface area (Å²) in [5, 5.41) is 19.5. The number of amides is 2. The minimum absolute atomic E-state index is 0.0132. The van der Waals surface area contributed by atoms with E-state index >= 15 is 0 Å². The quantitative estimate of drug-likeness (QED) is 0.634. The molecule has 1 aliphatic heterocycles. The third-order valence-electron chi connectivity index (χ3n) is 4.13. The monoisotopic (exact) mass is 349 g/mol. The van der Waals surface area contributed by atoms with Gasteiger partial charge in [0, 0.05) is 44.8 Å². The van der Waals surface area contributed by atoms with Gasteiger partial charge in [-0.1, -0.05) is 12.1 Å². The fourth-order valence-electron chi connectivity index (χ4n) is 2.81. The molecule has 1 heterocycles. The summed E-state index contributed by atoms with van der Waals surface area (Å²) in [5.74, 6) is -0.804. The number of aliphatic carboxylic acids is 1. The maximum absolute atomic E-state index is 12.1. The highest BCUT2D eigenvalue weighted by atomic mass is 16.4. The van der Waals surface area contributed by atoms with Crippen molar-refractivity contribution >= 4 is 23.7 Å². The maximum Gasteiger partial charge on any atom is 0.404 e. The van der Waals surface area contributed by atoms with Crippen LogP contribution in [0.15, 0.2) is 24.3 Å². The van der Waals surface area contributed by atoms with Crippen molar-refractivity contribution in [1.82, 2.24) is 10.2 Å². The first-order chi connectivity index (χ1) is 12.0. The molecule has 1 aliphatic rings. The van der Waals surface area contributed by atoms with Gasteiger partial charge in [-0.15, -0.1) is 0 Å². The number of carboxylic acids is 1. The predicted molar refractivity (Wildman–Crippen MR) is 91.8 cm³/mol. The lowest BCUT2D eigenvalue weighted by atomic mass is 10.1. The molecule has 0 aromatic heterocycles. The Bertz CT molecular complexity index is 609. The Morgan fingerprint density at radius 3 is 2.20 bits per heavy atom. The van der Waals surface area contributed by atoms with E-state index in [0.717, 1.165) is 24.3 Å². The summed E-state index contributed by atoms with van der Waals surface area (Å²) < 4.78 is 0. The van der Waals surface area contributed by atoms with Crippen molar-refractivity contribution in [2.24, 2.45) is 0 Å². The number of rotatable bonds is 7. The van der Waals surface area contributed by atoms with Crippen LogP contribution in [-0.4, -0.2) is 65.8 Å². The van der Waals surface area contributed by atoms with E-state index in [-0.39, 0.29) is 18.9 Å². The average Bonchev–Trinajstić information content (AvgIpc) is 2.59. The maximum atomic E-state index is 12.1. The third kappa shape index (κ3) is 5.98. The van der Waals surface area contributed by atoms with Crippen LogP contribution in [0.2, 0.25) is 0 Å². The first-order valence-electron chi connectivity index (χ1n) is 8.26. The number of hydrogen-bond acceptors (Lipinski definition) is 4. The van der Waals surface area contributed by atoms with Crippen molar-refractivity contribution in [3.8, 4) is 0 Å². The molecule has 136 valence electrons. The Morgan fingerprint density at radius 2 is 1.64 bits per heavy atom. The van der Waals surface area contributed by atoms with Crippen molar-refractivity contribution in [1.29, 1.82) is 0 Å². The standard InChI is InChI=1S/C17H23N3O5/c21-15(2-1-7-18-17(24)25)20-10-8-19(9-11-20)14-5-3-13(4-6-14)12-16(22)23/h3-6,18H,1-2,7-12H2,(H,22,23)(H,24,25). The number of carbonyl (C=O) groups excluding carboxylic acids is 1. The zero-order chi connectivity index (χ0) is 18.2. The second-order valence-corrected chi connectivity index (χ2v) is 5.94. The topological polar surface area (TPSA) is 110 Å². The lowest BCUT2D eigenvalue weighted by Gasteiger charge is -2.36. The molecule has 0 saturated carbocycles. The number of piperazine rings is 1. The van der Waals surface area contributed by atoms with E-state index in [1.807, 2.05) is 24.3 Å². The van der Waals surface area contributed by atoms with Gasteiger partial charge < -0.3 is 25.3 Å². The van der Waals surface area contributed by atoms with Gasteiger partial charge in [0.1, 0.15) is 0 Å². The molecule has 1 aromatic carbocycles. The van der Waals surface area contributed by atoms with Crippen LogP contribution in [0.5, 0.6) is 0 Å². The second kappa shape index (κ2) is 8.91. The van der Waals surface area contributed by atoms with Crippen LogP contribution in [0.4, 0.5) is 10.5 Å². The van der Waals surface area contributed by atoms with Gasteiger partial charge in [-0.3, -0.25) is 9.59 Å². The number of nitrogens with one attached hydrogen (secondary N) is 1. The summed E-state index contributed by atoms with van der Waals surface area (Å²) in [7, 11) is 0. The van der Waals surface area contributed by atoms with Gasteiger partial charge in [0.15, 0.2) is 0 Å². The average molecular weight is 349 g/mol. The van der Waals surface area contributed by atoms with Crippen molar-refractivity contribution in [3.63, 3.8) is 0 Å². The first-order valence-corrected chi connectivity index (χ1v) is 8.26. The lowest BCUT2D eigenvalue weighted by Crippen LogP contribution is -2.48. The second-order valence-electron chi connectivity index (χ2n) is 5.94. The Labute approximate surface area is 146 Å². The van der Waals surface area contributed by atoms with E-state index in [1.54, 1.807) is 4.90 Å². The largest absolute Gasteiger partial charge is 0.481 e. The SMILES string of the molecule is O=C(O)Cc1ccc(N2CCN(C(=O)CCCNC(=O)O)CC2)cc1. The van der Waals surface area contributed by atoms with Crippen LogP contribution in [-0.2, 0) is 16.0 Å². The Kier molecular flexibility index (Phi) is 6.62. The van der Waals surface area contributed by atoms with Gasteiger partial charge in [-0.25, -0.2) is 4.79 Å². The molecule has 1 aromatic rings. The smallest absolute Gasteiger partial charge is 0.404 e. The molecule has 3 N–H and O–H groups in total. The number of anilines is 1. The lowest BCUT2D eigenvalue weighted by molar-refractivity contribution is -0.136. The van der Waals surface area contributed by atoms with Gasteiger partial charge in [-0.2, -0.15) is 0 Å². The molecule has 1 saturated heterocycles. The normalized spacial score (nSPS) is 14.2. The minimum Gasteiger partial charge on any atom is -0.481 e. The number of benzene rings is 1. The van der Waals surface area contributed by atoms with Crippen LogP contribution < -0.4 is 10.2 Å². The number of nitrogens with zero attached hydrogens (tertiary/aromatic N) is 2. The molecular formula is C17H23N3O5. The van der Waals surface area contributed by atoms with Crippen molar-refractivity contribution < 1.29 is 24.6 Å². The molecule has 2 amide bonds. The molecule has 0 unspecified atom stereocenters. The number of carbonyl (C=O) groups is 3. The molecule has 0 spiro atoms. The number of hydrogen-bond donors (Lipinski definition) is 3. The Balaban J connectivity index is 1.76. The van der Waals surface area contributed by atoms with E-state index < -0.39 is 12.1 Å². The van der Waals surface area contributed by atoms with Gasteiger partial charge >= 0.3 is 12.1 Å². The fourth-order valence-corrected chi connectivity index (χ4v) is 2.81. The van der Waals surface area contributed by atoms with E-state index in [1.165, 1.54) is 0 Å². The summed E-state index contributed by atoms with van der Waals surface area (Å²) in [5.41, 5.74) is 1.78. The number of carboxylic acid groups (broad SMARTS) is 2. The fraction of sp³-hybridized carbons (Fsp3) is 0.471. The highest BCUT2D eigenvalue weighted by Crippen LogP contribution is 2.18. The van der Waals surface area contributed by atoms with E-state index in [4.69, 9.17) is 10.2 Å². The molecule has 0 atom stereocenters. The van der Waals surface area contributed by atoms with Gasteiger partial charge in [0.2, 0.25) is 5.91 Å². The minimum atomic E-state index is -1.07. The molecule has 0 radical (unpaired) electrons. The summed E-state index contributed by atoms with van der Waals surface area (Å²) >= 11 is 0. The zero-order valence-electron chi connectivity index (χ0n) is 14.0. The Morgan fingerprint density at radius 1 is 1.00 bits per heavy atom. The molecular weight excluding hydrogens is 326 g/mol. The summed E-state index contributed by atoms with van der Waals surface area (Å²) in [6.07, 6.45) is -0.227.